The van der Waals surface area contributed by atoms with Crippen LogP contribution in [0.3, 0.4) is 0 Å². The molecule has 1 heteroatoms. The molecule has 0 aliphatic carbocycles. The van der Waals surface area contributed by atoms with Gasteiger partial charge in [-0.25, -0.2) is 0 Å². The van der Waals surface area contributed by atoms with Crippen molar-refractivity contribution in [3.63, 3.8) is 0 Å². The number of unbranched alkanes of at least 4 members (excludes halogenated alkanes) is 10. The van der Waals surface area contributed by atoms with E-state index in [2.05, 4.69) is 11.8 Å². The van der Waals surface area contributed by atoms with Gasteiger partial charge in [-0.2, -0.15) is 0 Å². The normalized spacial score (nSPS) is 15.6. The second-order valence-electron chi connectivity index (χ2n) is 5.38. The minimum absolute atomic E-state index is 1.37. The zero-order chi connectivity index (χ0) is 11.5. The van der Waals surface area contributed by atoms with Crippen molar-refractivity contribution in [2.75, 3.05) is 19.6 Å². The fourth-order valence-corrected chi connectivity index (χ4v) is 2.29. The molecule has 0 radical (unpaired) electrons. The molecule has 1 nitrogen and oxygen atoms in total. The first kappa shape index (κ1) is 14.0. The van der Waals surface area contributed by atoms with Crippen molar-refractivity contribution < 1.29 is 0 Å². The lowest BCUT2D eigenvalue weighted by molar-refractivity contribution is 0.495. The van der Waals surface area contributed by atoms with E-state index in [4.69, 9.17) is 0 Å². The molecule has 0 saturated carbocycles. The van der Waals surface area contributed by atoms with Gasteiger partial charge >= 0.3 is 0 Å². The Hall–Kier alpha value is -0.0400. The molecule has 16 heavy (non-hydrogen) atoms. The van der Waals surface area contributed by atoms with E-state index in [1.165, 1.54) is 90.3 Å². The van der Waals surface area contributed by atoms with E-state index >= 15 is 0 Å². The van der Waals surface area contributed by atoms with E-state index in [0.29, 0.717) is 0 Å². The highest BCUT2D eigenvalue weighted by molar-refractivity contribution is 4.71. The third-order valence-corrected chi connectivity index (χ3v) is 3.62. The van der Waals surface area contributed by atoms with Crippen molar-refractivity contribution in [2.24, 2.45) is 0 Å². The summed E-state index contributed by atoms with van der Waals surface area (Å²) in [5.41, 5.74) is 0. The first-order valence-electron chi connectivity index (χ1n) is 7.66. The molecule has 0 amide bonds. The SMILES string of the molecule is CCCCCCCCCCCCCN1CC1. The van der Waals surface area contributed by atoms with Gasteiger partial charge in [-0.1, -0.05) is 71.1 Å². The highest BCUT2D eigenvalue weighted by Crippen LogP contribution is 2.12. The van der Waals surface area contributed by atoms with E-state index in [1.54, 1.807) is 0 Å². The maximum absolute atomic E-state index is 2.54. The third-order valence-electron chi connectivity index (χ3n) is 3.62. The molecule has 1 heterocycles. The van der Waals surface area contributed by atoms with Crippen LogP contribution in [0.2, 0.25) is 0 Å². The molecule has 0 unspecified atom stereocenters. The fourth-order valence-electron chi connectivity index (χ4n) is 2.29. The summed E-state index contributed by atoms with van der Waals surface area (Å²) in [5.74, 6) is 0. The van der Waals surface area contributed by atoms with E-state index in [-0.39, 0.29) is 0 Å². The van der Waals surface area contributed by atoms with Crippen LogP contribution in [-0.4, -0.2) is 24.5 Å². The highest BCUT2D eigenvalue weighted by Gasteiger charge is 2.14. The maximum Gasteiger partial charge on any atom is 0.0110 e. The Morgan fingerprint density at radius 3 is 1.50 bits per heavy atom. The lowest BCUT2D eigenvalue weighted by atomic mass is 10.1. The molecular weight excluding hydrogens is 194 g/mol. The average molecular weight is 225 g/mol. The predicted octanol–water partition coefficient (Wildman–Crippen LogP) is 4.61. The topological polar surface area (TPSA) is 3.01 Å². The standard InChI is InChI=1S/C15H31N/c1-2-3-4-5-6-7-8-9-10-11-12-13-16-14-15-16/h2-15H2,1H3. The summed E-state index contributed by atoms with van der Waals surface area (Å²) in [6.45, 7) is 6.41. The summed E-state index contributed by atoms with van der Waals surface area (Å²) in [4.78, 5) is 2.54. The van der Waals surface area contributed by atoms with Gasteiger partial charge in [0.05, 0.1) is 0 Å². The zero-order valence-electron chi connectivity index (χ0n) is 11.3. The van der Waals surface area contributed by atoms with E-state index in [1.807, 2.05) is 0 Å². The quantitative estimate of drug-likeness (QED) is 0.346. The number of hydrogen-bond acceptors (Lipinski definition) is 1. The van der Waals surface area contributed by atoms with Crippen molar-refractivity contribution in [2.45, 2.75) is 77.6 Å². The van der Waals surface area contributed by atoms with Crippen LogP contribution in [-0.2, 0) is 0 Å². The van der Waals surface area contributed by atoms with Crippen molar-refractivity contribution in [1.29, 1.82) is 0 Å². The van der Waals surface area contributed by atoms with Crippen molar-refractivity contribution in [1.82, 2.24) is 4.90 Å². The average Bonchev–Trinajstić information content (AvgIpc) is 3.10. The molecule has 96 valence electrons. The van der Waals surface area contributed by atoms with Crippen molar-refractivity contribution in [3.8, 4) is 0 Å². The van der Waals surface area contributed by atoms with Crippen molar-refractivity contribution >= 4 is 0 Å². The molecule has 1 saturated heterocycles. The van der Waals surface area contributed by atoms with Gasteiger partial charge in [-0.15, -0.1) is 0 Å². The molecule has 0 spiro atoms. The van der Waals surface area contributed by atoms with Gasteiger partial charge in [0, 0.05) is 13.1 Å². The van der Waals surface area contributed by atoms with Gasteiger partial charge in [0.15, 0.2) is 0 Å². The minimum atomic E-state index is 1.37. The second kappa shape index (κ2) is 10.1. The summed E-state index contributed by atoms with van der Waals surface area (Å²) in [6, 6.07) is 0. The van der Waals surface area contributed by atoms with E-state index < -0.39 is 0 Å². The first-order chi connectivity index (χ1) is 7.93. The van der Waals surface area contributed by atoms with Gasteiger partial charge in [-0.05, 0) is 13.0 Å². The Morgan fingerprint density at radius 1 is 0.625 bits per heavy atom. The van der Waals surface area contributed by atoms with Crippen LogP contribution in [0, 0.1) is 0 Å². The molecule has 1 rings (SSSR count). The van der Waals surface area contributed by atoms with Gasteiger partial charge in [0.2, 0.25) is 0 Å². The van der Waals surface area contributed by atoms with Gasteiger partial charge in [-0.3, -0.25) is 0 Å². The predicted molar refractivity (Wildman–Crippen MR) is 72.9 cm³/mol. The van der Waals surface area contributed by atoms with Crippen LogP contribution in [0.25, 0.3) is 0 Å². The maximum atomic E-state index is 2.54. The molecule has 1 aliphatic rings. The van der Waals surface area contributed by atoms with Crippen LogP contribution >= 0.6 is 0 Å². The Kier molecular flexibility index (Phi) is 8.88. The lowest BCUT2D eigenvalue weighted by Gasteiger charge is -2.02. The molecule has 1 fully saturated rings. The Labute approximate surface area is 103 Å². The van der Waals surface area contributed by atoms with Gasteiger partial charge in [0.25, 0.3) is 0 Å². The summed E-state index contributed by atoms with van der Waals surface area (Å²) in [6.07, 6.45) is 16.1. The largest absolute Gasteiger partial charge is 0.301 e. The summed E-state index contributed by atoms with van der Waals surface area (Å²) in [5, 5.41) is 0. The number of nitrogens with zero attached hydrogens (tertiary/aromatic N) is 1. The third kappa shape index (κ3) is 9.21. The highest BCUT2D eigenvalue weighted by atomic mass is 15.2. The Morgan fingerprint density at radius 2 is 1.06 bits per heavy atom. The van der Waals surface area contributed by atoms with Crippen LogP contribution in [0.5, 0.6) is 0 Å². The molecule has 0 aromatic rings. The summed E-state index contributed by atoms with van der Waals surface area (Å²) in [7, 11) is 0. The summed E-state index contributed by atoms with van der Waals surface area (Å²) < 4.78 is 0. The van der Waals surface area contributed by atoms with E-state index in [0.717, 1.165) is 0 Å². The summed E-state index contributed by atoms with van der Waals surface area (Å²) >= 11 is 0. The number of hydrogen-bond donors (Lipinski definition) is 0. The van der Waals surface area contributed by atoms with E-state index in [9.17, 15) is 0 Å². The second-order valence-corrected chi connectivity index (χ2v) is 5.38. The molecule has 0 aromatic carbocycles. The lowest BCUT2D eigenvalue weighted by Crippen LogP contribution is -1.98. The molecule has 0 bridgehead atoms. The zero-order valence-corrected chi connectivity index (χ0v) is 11.3. The Balaban J connectivity index is 1.61. The number of rotatable bonds is 12. The molecule has 0 N–H and O–H groups in total. The monoisotopic (exact) mass is 225 g/mol. The first-order valence-corrected chi connectivity index (χ1v) is 7.66. The van der Waals surface area contributed by atoms with Gasteiger partial charge < -0.3 is 4.90 Å². The molecule has 0 aromatic heterocycles. The minimum Gasteiger partial charge on any atom is -0.301 e. The van der Waals surface area contributed by atoms with Crippen molar-refractivity contribution in [3.05, 3.63) is 0 Å². The van der Waals surface area contributed by atoms with Crippen LogP contribution in [0.15, 0.2) is 0 Å². The van der Waals surface area contributed by atoms with Crippen LogP contribution in [0.1, 0.15) is 77.6 Å². The molecule has 0 atom stereocenters. The Bertz CT molecular complexity index is 140. The smallest absolute Gasteiger partial charge is 0.0110 e. The fraction of sp³-hybridized carbons (Fsp3) is 1.00. The van der Waals surface area contributed by atoms with Crippen LogP contribution < -0.4 is 0 Å². The van der Waals surface area contributed by atoms with Gasteiger partial charge in [0.1, 0.15) is 0 Å². The van der Waals surface area contributed by atoms with Crippen LogP contribution in [0.4, 0.5) is 0 Å². The molecule has 1 aliphatic heterocycles. The molecular formula is C15H31N.